The molecule has 0 aliphatic heterocycles. The van der Waals surface area contributed by atoms with Crippen molar-refractivity contribution in [1.82, 2.24) is 10.2 Å². The Balaban J connectivity index is 1.54. The van der Waals surface area contributed by atoms with Gasteiger partial charge in [-0.2, -0.15) is 0 Å². The van der Waals surface area contributed by atoms with Crippen molar-refractivity contribution >= 4 is 0 Å². The van der Waals surface area contributed by atoms with Gasteiger partial charge in [0.15, 0.2) is 17.7 Å². The number of hydrogen-bond donors (Lipinski definition) is 0. The Morgan fingerprint density at radius 1 is 1.12 bits per heavy atom. The fourth-order valence-electron chi connectivity index (χ4n) is 2.27. The molecule has 0 spiro atoms. The first-order chi connectivity index (χ1) is 12.1. The Hall–Kier alpha value is -2.89. The fourth-order valence-corrected chi connectivity index (χ4v) is 2.27. The van der Waals surface area contributed by atoms with Gasteiger partial charge in [0.1, 0.15) is 5.75 Å². The molecule has 0 aliphatic rings. The van der Waals surface area contributed by atoms with Crippen LogP contribution in [0.3, 0.4) is 0 Å². The molecule has 3 rings (SSSR count). The average Bonchev–Trinajstić information content (AvgIpc) is 3.06. The van der Waals surface area contributed by atoms with Crippen molar-refractivity contribution in [3.8, 4) is 11.5 Å². The lowest BCUT2D eigenvalue weighted by Gasteiger charge is -2.11. The van der Waals surface area contributed by atoms with Crippen molar-refractivity contribution < 1.29 is 18.3 Å². The summed E-state index contributed by atoms with van der Waals surface area (Å²) < 4.78 is 30.4. The lowest BCUT2D eigenvalue weighted by Crippen LogP contribution is -2.04. The zero-order valence-electron chi connectivity index (χ0n) is 14.1. The van der Waals surface area contributed by atoms with Crippen molar-refractivity contribution in [3.05, 3.63) is 71.7 Å². The summed E-state index contributed by atoms with van der Waals surface area (Å²) in [5.74, 6) is 1.27. The van der Waals surface area contributed by atoms with Crippen LogP contribution >= 0.6 is 0 Å². The summed E-state index contributed by atoms with van der Waals surface area (Å²) in [6.07, 6.45) is -0.0660. The predicted octanol–water partition coefficient (Wildman–Crippen LogP) is 4.28. The number of para-hydroxylation sites is 1. The second-order valence-corrected chi connectivity index (χ2v) is 5.64. The molecule has 0 bridgehead atoms. The van der Waals surface area contributed by atoms with E-state index >= 15 is 0 Å². The van der Waals surface area contributed by atoms with E-state index in [0.717, 1.165) is 11.3 Å². The van der Waals surface area contributed by atoms with Crippen LogP contribution in [0.1, 0.15) is 30.4 Å². The van der Waals surface area contributed by atoms with Crippen LogP contribution in [0.4, 0.5) is 4.39 Å². The van der Waals surface area contributed by atoms with E-state index in [4.69, 9.17) is 13.9 Å². The molecule has 0 fully saturated rings. The van der Waals surface area contributed by atoms with Crippen LogP contribution in [0.25, 0.3) is 0 Å². The molecule has 3 aromatic rings. The van der Waals surface area contributed by atoms with Gasteiger partial charge in [0.2, 0.25) is 5.89 Å². The standard InChI is InChI=1S/C19H19FN2O3/c1-13-6-5-7-15(12-13)23-11-10-18-21-22-19(25-18)14(2)24-17-9-4-3-8-16(17)20/h3-9,12,14H,10-11H2,1-2H3. The van der Waals surface area contributed by atoms with Crippen LogP contribution < -0.4 is 9.47 Å². The van der Waals surface area contributed by atoms with Crippen molar-refractivity contribution in [2.24, 2.45) is 0 Å². The highest BCUT2D eigenvalue weighted by atomic mass is 19.1. The summed E-state index contributed by atoms with van der Waals surface area (Å²) in [6, 6.07) is 14.0. The molecule has 25 heavy (non-hydrogen) atoms. The van der Waals surface area contributed by atoms with E-state index in [1.54, 1.807) is 25.1 Å². The van der Waals surface area contributed by atoms with Crippen LogP contribution in [0.5, 0.6) is 11.5 Å². The van der Waals surface area contributed by atoms with Gasteiger partial charge in [-0.3, -0.25) is 0 Å². The van der Waals surface area contributed by atoms with E-state index in [1.165, 1.54) is 6.07 Å². The predicted molar refractivity (Wildman–Crippen MR) is 90.1 cm³/mol. The van der Waals surface area contributed by atoms with Crippen LogP contribution in [0.2, 0.25) is 0 Å². The lowest BCUT2D eigenvalue weighted by atomic mass is 10.2. The van der Waals surface area contributed by atoms with Crippen molar-refractivity contribution in [2.45, 2.75) is 26.4 Å². The topological polar surface area (TPSA) is 57.4 Å². The molecule has 1 heterocycles. The van der Waals surface area contributed by atoms with Gasteiger partial charge in [-0.25, -0.2) is 4.39 Å². The molecule has 2 aromatic carbocycles. The minimum absolute atomic E-state index is 0.150. The smallest absolute Gasteiger partial charge is 0.256 e. The molecular formula is C19H19FN2O3. The van der Waals surface area contributed by atoms with Gasteiger partial charge in [-0.1, -0.05) is 24.3 Å². The largest absolute Gasteiger partial charge is 0.493 e. The van der Waals surface area contributed by atoms with Gasteiger partial charge in [-0.15, -0.1) is 10.2 Å². The molecule has 1 unspecified atom stereocenters. The highest BCUT2D eigenvalue weighted by molar-refractivity contribution is 5.27. The average molecular weight is 342 g/mol. The summed E-state index contributed by atoms with van der Waals surface area (Å²) in [5, 5.41) is 7.94. The maximum Gasteiger partial charge on any atom is 0.256 e. The number of aryl methyl sites for hydroxylation is 1. The second-order valence-electron chi connectivity index (χ2n) is 5.64. The Morgan fingerprint density at radius 2 is 1.96 bits per heavy atom. The normalized spacial score (nSPS) is 12.0. The first-order valence-corrected chi connectivity index (χ1v) is 8.05. The fraction of sp³-hybridized carbons (Fsp3) is 0.263. The van der Waals surface area contributed by atoms with E-state index in [0.29, 0.717) is 24.8 Å². The zero-order valence-corrected chi connectivity index (χ0v) is 14.1. The number of rotatable bonds is 7. The summed E-state index contributed by atoms with van der Waals surface area (Å²) in [7, 11) is 0. The van der Waals surface area contributed by atoms with Crippen LogP contribution in [0.15, 0.2) is 52.9 Å². The number of ether oxygens (including phenoxy) is 2. The maximum atomic E-state index is 13.6. The summed E-state index contributed by atoms with van der Waals surface area (Å²) in [6.45, 7) is 4.16. The quantitative estimate of drug-likeness (QED) is 0.641. The Kier molecular flexibility index (Phi) is 5.28. The van der Waals surface area contributed by atoms with Crippen LogP contribution in [0, 0.1) is 12.7 Å². The SMILES string of the molecule is Cc1cccc(OCCc2nnc(C(C)Oc3ccccc3F)o2)c1. The number of nitrogens with zero attached hydrogens (tertiary/aromatic N) is 2. The summed E-state index contributed by atoms with van der Waals surface area (Å²) >= 11 is 0. The number of aromatic nitrogens is 2. The number of benzene rings is 2. The number of hydrogen-bond acceptors (Lipinski definition) is 5. The second kappa shape index (κ2) is 7.79. The van der Waals surface area contributed by atoms with Gasteiger partial charge < -0.3 is 13.9 Å². The molecule has 5 nitrogen and oxygen atoms in total. The van der Waals surface area contributed by atoms with Crippen molar-refractivity contribution in [3.63, 3.8) is 0 Å². The van der Waals surface area contributed by atoms with Gasteiger partial charge >= 0.3 is 0 Å². The molecule has 1 aromatic heterocycles. The third-order valence-electron chi connectivity index (χ3n) is 3.54. The monoisotopic (exact) mass is 342 g/mol. The number of halogens is 1. The molecule has 130 valence electrons. The molecule has 6 heteroatoms. The molecule has 1 atom stereocenters. The Morgan fingerprint density at radius 3 is 2.76 bits per heavy atom. The van der Waals surface area contributed by atoms with Crippen LogP contribution in [-0.2, 0) is 6.42 Å². The summed E-state index contributed by atoms with van der Waals surface area (Å²) in [4.78, 5) is 0. The van der Waals surface area contributed by atoms with E-state index < -0.39 is 11.9 Å². The van der Waals surface area contributed by atoms with Crippen molar-refractivity contribution in [2.75, 3.05) is 6.61 Å². The highest BCUT2D eigenvalue weighted by Crippen LogP contribution is 2.23. The third-order valence-corrected chi connectivity index (χ3v) is 3.54. The molecule has 0 saturated heterocycles. The molecule has 0 N–H and O–H groups in total. The minimum atomic E-state index is -0.546. The molecule has 0 amide bonds. The van der Waals surface area contributed by atoms with Crippen LogP contribution in [-0.4, -0.2) is 16.8 Å². The Bertz CT molecular complexity index is 835. The van der Waals surface area contributed by atoms with Gasteiger partial charge in [0.25, 0.3) is 5.89 Å². The van der Waals surface area contributed by atoms with Gasteiger partial charge in [0.05, 0.1) is 13.0 Å². The zero-order chi connectivity index (χ0) is 17.6. The van der Waals surface area contributed by atoms with Gasteiger partial charge in [-0.05, 0) is 43.7 Å². The van der Waals surface area contributed by atoms with E-state index in [2.05, 4.69) is 10.2 Å². The lowest BCUT2D eigenvalue weighted by molar-refractivity contribution is 0.177. The first kappa shape index (κ1) is 17.0. The van der Waals surface area contributed by atoms with Crippen molar-refractivity contribution in [1.29, 1.82) is 0 Å². The maximum absolute atomic E-state index is 13.6. The highest BCUT2D eigenvalue weighted by Gasteiger charge is 2.17. The van der Waals surface area contributed by atoms with E-state index in [-0.39, 0.29) is 5.75 Å². The van der Waals surface area contributed by atoms with E-state index in [1.807, 2.05) is 31.2 Å². The third kappa shape index (κ3) is 4.56. The van der Waals surface area contributed by atoms with Gasteiger partial charge in [0, 0.05) is 0 Å². The minimum Gasteiger partial charge on any atom is -0.493 e. The molecular weight excluding hydrogens is 323 g/mol. The summed E-state index contributed by atoms with van der Waals surface area (Å²) in [5.41, 5.74) is 1.14. The molecule has 0 aliphatic carbocycles. The van der Waals surface area contributed by atoms with E-state index in [9.17, 15) is 4.39 Å². The molecule has 0 radical (unpaired) electrons. The Labute approximate surface area is 145 Å². The molecule has 0 saturated carbocycles. The first-order valence-electron chi connectivity index (χ1n) is 8.05.